The number of aliphatic hydroxyl groups excluding tert-OH is 1. The molecule has 0 spiro atoms. The van der Waals surface area contributed by atoms with Crippen molar-refractivity contribution < 1.29 is 23.8 Å². The van der Waals surface area contributed by atoms with Gasteiger partial charge in [0.25, 0.3) is 5.91 Å². The van der Waals surface area contributed by atoms with E-state index >= 15 is 0 Å². The van der Waals surface area contributed by atoms with Crippen LogP contribution in [-0.2, 0) is 24.4 Å². The molecule has 1 atom stereocenters. The lowest BCUT2D eigenvalue weighted by molar-refractivity contribution is -0.129. The van der Waals surface area contributed by atoms with Crippen LogP contribution in [0.5, 0.6) is 5.75 Å². The minimum atomic E-state index is -0.678. The molecule has 3 N–H and O–H groups in total. The van der Waals surface area contributed by atoms with Crippen molar-refractivity contribution in [1.29, 1.82) is 0 Å². The number of hydrogen-bond acceptors (Lipinski definition) is 8. The average Bonchev–Trinajstić information content (AvgIpc) is 3.49. The van der Waals surface area contributed by atoms with E-state index in [0.717, 1.165) is 56.9 Å². The van der Waals surface area contributed by atoms with E-state index in [1.54, 1.807) is 19.2 Å². The fourth-order valence-electron chi connectivity index (χ4n) is 5.30. The minimum Gasteiger partial charge on any atom is -0.486 e. The highest BCUT2D eigenvalue weighted by Crippen LogP contribution is 2.25. The van der Waals surface area contributed by atoms with Crippen molar-refractivity contribution >= 4 is 17.5 Å². The van der Waals surface area contributed by atoms with Gasteiger partial charge in [-0.3, -0.25) is 14.5 Å². The Hall–Kier alpha value is -3.89. The van der Waals surface area contributed by atoms with Crippen LogP contribution in [0.1, 0.15) is 47.0 Å². The Kier molecular flexibility index (Phi) is 8.98. The van der Waals surface area contributed by atoms with Crippen LogP contribution < -0.4 is 15.4 Å². The Bertz CT molecular complexity index is 1290. The molecule has 2 aromatic carbocycles. The molecule has 0 bridgehead atoms. The highest BCUT2D eigenvalue weighted by Gasteiger charge is 2.22. The number of ether oxygens (including phenoxy) is 1. The predicted octanol–water partition coefficient (Wildman–Crippen LogP) is 2.83. The molecule has 1 fully saturated rings. The van der Waals surface area contributed by atoms with Crippen LogP contribution in [0.3, 0.4) is 0 Å². The molecule has 40 heavy (non-hydrogen) atoms. The normalized spacial score (nSPS) is 16.7. The summed E-state index contributed by atoms with van der Waals surface area (Å²) in [5.41, 5.74) is 3.89. The van der Waals surface area contributed by atoms with Crippen LogP contribution in [0.2, 0.25) is 0 Å². The first-order chi connectivity index (χ1) is 19.4. The Morgan fingerprint density at radius 1 is 1.15 bits per heavy atom. The van der Waals surface area contributed by atoms with E-state index in [1.165, 1.54) is 17.5 Å². The van der Waals surface area contributed by atoms with Crippen LogP contribution in [-0.4, -0.2) is 76.6 Å². The lowest BCUT2D eigenvalue weighted by atomic mass is 9.99. The maximum atomic E-state index is 12.8. The first-order valence-electron chi connectivity index (χ1n) is 13.9. The molecular weight excluding hydrogens is 510 g/mol. The molecule has 2 aliphatic heterocycles. The van der Waals surface area contributed by atoms with Gasteiger partial charge >= 0.3 is 0 Å². The molecule has 3 aromatic rings. The average molecular weight is 548 g/mol. The third kappa shape index (κ3) is 7.40. The predicted molar refractivity (Wildman–Crippen MR) is 150 cm³/mol. The lowest BCUT2D eigenvalue weighted by Gasteiger charge is -2.32. The maximum Gasteiger partial charge on any atom is 0.251 e. The van der Waals surface area contributed by atoms with E-state index in [0.29, 0.717) is 24.5 Å². The molecule has 0 radical (unpaired) electrons. The van der Waals surface area contributed by atoms with Gasteiger partial charge in [-0.05, 0) is 60.7 Å². The quantitative estimate of drug-likeness (QED) is 0.355. The number of piperidine rings is 1. The van der Waals surface area contributed by atoms with Crippen LogP contribution in [0.25, 0.3) is 0 Å². The van der Waals surface area contributed by atoms with Gasteiger partial charge < -0.3 is 29.8 Å². The second-order valence-electron chi connectivity index (χ2n) is 10.5. The maximum absolute atomic E-state index is 12.8. The molecule has 212 valence electrons. The van der Waals surface area contributed by atoms with E-state index in [4.69, 9.17) is 9.15 Å². The van der Waals surface area contributed by atoms with Gasteiger partial charge in [0.15, 0.2) is 12.2 Å². The van der Waals surface area contributed by atoms with E-state index in [2.05, 4.69) is 32.7 Å². The number of amides is 2. The van der Waals surface area contributed by atoms with E-state index in [9.17, 15) is 14.7 Å². The van der Waals surface area contributed by atoms with Crippen LogP contribution in [0, 0.1) is 0 Å². The molecule has 3 heterocycles. The molecule has 1 unspecified atom stereocenters. The molecule has 0 saturated carbocycles. The van der Waals surface area contributed by atoms with Gasteiger partial charge in [0, 0.05) is 63.5 Å². The number of rotatable bonds is 10. The Labute approximate surface area is 234 Å². The summed E-state index contributed by atoms with van der Waals surface area (Å²) in [6, 6.07) is 13.8. The van der Waals surface area contributed by atoms with Gasteiger partial charge in [0.1, 0.15) is 12.4 Å². The fourth-order valence-corrected chi connectivity index (χ4v) is 5.30. The van der Waals surface area contributed by atoms with Crippen molar-refractivity contribution in [2.75, 3.05) is 38.0 Å². The molecule has 5 rings (SSSR count). The molecule has 10 nitrogen and oxygen atoms in total. The smallest absolute Gasteiger partial charge is 0.251 e. The zero-order valence-electron chi connectivity index (χ0n) is 22.8. The number of carbonyl (C=O) groups excluding carboxylic acids is 2. The van der Waals surface area contributed by atoms with Crippen molar-refractivity contribution in [2.24, 2.45) is 0 Å². The number of fused-ring (bicyclic) bond motifs is 1. The number of nitrogens with zero attached hydrogens (tertiary/aromatic N) is 3. The van der Waals surface area contributed by atoms with E-state index in [1.807, 2.05) is 29.2 Å². The van der Waals surface area contributed by atoms with Gasteiger partial charge in [-0.15, -0.1) is 0 Å². The molecule has 1 aromatic heterocycles. The van der Waals surface area contributed by atoms with Crippen molar-refractivity contribution in [3.8, 4) is 5.75 Å². The lowest BCUT2D eigenvalue weighted by Crippen LogP contribution is -2.42. The Balaban J connectivity index is 1.05. The van der Waals surface area contributed by atoms with Crippen molar-refractivity contribution in [1.82, 2.24) is 20.1 Å². The zero-order valence-corrected chi connectivity index (χ0v) is 22.8. The van der Waals surface area contributed by atoms with Crippen molar-refractivity contribution in [2.45, 2.75) is 51.5 Å². The van der Waals surface area contributed by atoms with Gasteiger partial charge in [0.05, 0.1) is 12.3 Å². The monoisotopic (exact) mass is 547 g/mol. The van der Waals surface area contributed by atoms with Crippen LogP contribution >= 0.6 is 0 Å². The highest BCUT2D eigenvalue weighted by molar-refractivity contribution is 5.95. The minimum absolute atomic E-state index is 0.115. The second-order valence-corrected chi connectivity index (χ2v) is 10.5. The summed E-state index contributed by atoms with van der Waals surface area (Å²) in [4.78, 5) is 32.3. The highest BCUT2D eigenvalue weighted by atomic mass is 16.5. The van der Waals surface area contributed by atoms with Crippen molar-refractivity contribution in [3.05, 3.63) is 77.5 Å². The molecule has 10 heteroatoms. The summed E-state index contributed by atoms with van der Waals surface area (Å²) in [6.07, 6.45) is 4.97. The molecular formula is C30H37N5O5. The number of oxazole rings is 1. The molecule has 2 aliphatic rings. The van der Waals surface area contributed by atoms with Gasteiger partial charge in [-0.1, -0.05) is 12.1 Å². The van der Waals surface area contributed by atoms with Crippen LogP contribution in [0.15, 0.2) is 59.5 Å². The first kappa shape index (κ1) is 27.7. The third-order valence-corrected chi connectivity index (χ3v) is 7.54. The number of likely N-dealkylation sites (tertiary alicyclic amines) is 1. The number of carbonyl (C=O) groups is 2. The Morgan fingerprint density at radius 2 is 2.00 bits per heavy atom. The molecule has 1 saturated heterocycles. The van der Waals surface area contributed by atoms with Gasteiger partial charge in [-0.25, -0.2) is 4.98 Å². The largest absolute Gasteiger partial charge is 0.486 e. The summed E-state index contributed by atoms with van der Waals surface area (Å²) < 4.78 is 11.0. The van der Waals surface area contributed by atoms with E-state index in [-0.39, 0.29) is 24.4 Å². The third-order valence-electron chi connectivity index (χ3n) is 7.54. The van der Waals surface area contributed by atoms with Gasteiger partial charge in [0.2, 0.25) is 5.91 Å². The zero-order chi connectivity index (χ0) is 27.9. The SMILES string of the molecule is CC(=O)N1CCC(Nc2cccc(C(=O)NCC(O)CN3CCc4cc(OCc5cnco5)ccc4C3)c2)CC1. The topological polar surface area (TPSA) is 120 Å². The summed E-state index contributed by atoms with van der Waals surface area (Å²) in [5.74, 6) is 1.38. The number of nitrogens with one attached hydrogen (secondary N) is 2. The fraction of sp³-hybridized carbons (Fsp3) is 0.433. The Morgan fingerprint density at radius 3 is 2.77 bits per heavy atom. The first-order valence-corrected chi connectivity index (χ1v) is 13.9. The van der Waals surface area contributed by atoms with Crippen molar-refractivity contribution in [3.63, 3.8) is 0 Å². The summed E-state index contributed by atoms with van der Waals surface area (Å²) in [5, 5.41) is 17.0. The standard InChI is InChI=1S/C30H37N5O5/c1-21(36)35-11-8-25(9-12-35)33-26-4-2-3-23(13-26)30(38)32-15-27(37)18-34-10-7-22-14-28(6-5-24(22)17-34)39-19-29-16-31-20-40-29/h2-6,13-14,16,20,25,27,33,37H,7-12,15,17-19H2,1H3,(H,32,38). The number of aromatic nitrogens is 1. The van der Waals surface area contributed by atoms with Gasteiger partial charge in [-0.2, -0.15) is 0 Å². The summed E-state index contributed by atoms with van der Waals surface area (Å²) in [6.45, 7) is 5.65. The number of anilines is 1. The van der Waals surface area contributed by atoms with E-state index < -0.39 is 6.10 Å². The van der Waals surface area contributed by atoms with Crippen LogP contribution in [0.4, 0.5) is 5.69 Å². The number of hydrogen-bond donors (Lipinski definition) is 3. The summed E-state index contributed by atoms with van der Waals surface area (Å²) in [7, 11) is 0. The molecule has 2 amide bonds. The number of β-amino-alcohol motifs (C(OH)–C–C–N with tert-alkyl or cyclic N) is 1. The summed E-state index contributed by atoms with van der Waals surface area (Å²) >= 11 is 0. The number of aliphatic hydroxyl groups is 1. The molecule has 0 aliphatic carbocycles. The second kappa shape index (κ2) is 13.0. The number of benzene rings is 2.